The van der Waals surface area contributed by atoms with E-state index in [0.29, 0.717) is 5.69 Å². The zero-order valence-electron chi connectivity index (χ0n) is 8.95. The molecule has 0 aromatic carbocycles. The van der Waals surface area contributed by atoms with Crippen molar-refractivity contribution in [2.45, 2.75) is 19.8 Å². The van der Waals surface area contributed by atoms with Crippen molar-refractivity contribution in [1.82, 2.24) is 4.98 Å². The van der Waals surface area contributed by atoms with Gasteiger partial charge in [0.2, 0.25) is 0 Å². The van der Waals surface area contributed by atoms with Crippen LogP contribution in [-0.2, 0) is 4.74 Å². The summed E-state index contributed by atoms with van der Waals surface area (Å²) < 4.78 is 4.68. The molecular formula is C10H14N2O2S. The lowest BCUT2D eigenvalue weighted by atomic mass is 10.4. The van der Waals surface area contributed by atoms with E-state index in [-0.39, 0.29) is 5.97 Å². The van der Waals surface area contributed by atoms with E-state index in [2.05, 4.69) is 14.6 Å². The molecule has 0 bridgehead atoms. The molecule has 1 fully saturated rings. The maximum absolute atomic E-state index is 11.4. The minimum Gasteiger partial charge on any atom is -0.464 e. The number of carbonyl (C=O) groups excluding carboxylic acids is 1. The molecule has 15 heavy (non-hydrogen) atoms. The molecule has 5 heteroatoms. The summed E-state index contributed by atoms with van der Waals surface area (Å²) in [7, 11) is 1.39. The van der Waals surface area contributed by atoms with Gasteiger partial charge in [0, 0.05) is 18.0 Å². The maximum Gasteiger partial charge on any atom is 0.357 e. The van der Waals surface area contributed by atoms with Crippen LogP contribution in [0.1, 0.15) is 28.2 Å². The van der Waals surface area contributed by atoms with Crippen LogP contribution < -0.4 is 4.90 Å². The number of thiazole rings is 1. The van der Waals surface area contributed by atoms with Gasteiger partial charge in [-0.2, -0.15) is 0 Å². The minimum absolute atomic E-state index is 0.339. The van der Waals surface area contributed by atoms with E-state index in [0.717, 1.165) is 23.1 Å². The molecule has 4 nitrogen and oxygen atoms in total. The van der Waals surface area contributed by atoms with Crippen molar-refractivity contribution in [2.75, 3.05) is 25.1 Å². The number of ether oxygens (including phenoxy) is 1. The summed E-state index contributed by atoms with van der Waals surface area (Å²) in [5.41, 5.74) is 0.462. The molecule has 1 aromatic heterocycles. The molecule has 0 amide bonds. The van der Waals surface area contributed by atoms with Crippen molar-refractivity contribution < 1.29 is 9.53 Å². The minimum atomic E-state index is -0.339. The Morgan fingerprint density at radius 3 is 2.73 bits per heavy atom. The topological polar surface area (TPSA) is 42.4 Å². The molecule has 1 aromatic rings. The third-order valence-corrected chi connectivity index (χ3v) is 3.57. The van der Waals surface area contributed by atoms with Crippen LogP contribution in [0.4, 0.5) is 5.13 Å². The molecule has 0 radical (unpaired) electrons. The average Bonchev–Trinajstić information content (AvgIpc) is 2.84. The van der Waals surface area contributed by atoms with Crippen LogP contribution in [0.3, 0.4) is 0 Å². The highest BCUT2D eigenvalue weighted by Gasteiger charge is 2.21. The molecule has 1 aliphatic rings. The molecule has 0 N–H and O–H groups in total. The summed E-state index contributed by atoms with van der Waals surface area (Å²) in [6.07, 6.45) is 2.43. The predicted molar refractivity (Wildman–Crippen MR) is 59.6 cm³/mol. The van der Waals surface area contributed by atoms with Gasteiger partial charge in [0.1, 0.15) is 0 Å². The maximum atomic E-state index is 11.4. The second-order valence-corrected chi connectivity index (χ2v) is 4.77. The Balaban J connectivity index is 2.23. The summed E-state index contributed by atoms with van der Waals surface area (Å²) in [5, 5.41) is 0.949. The molecular weight excluding hydrogens is 212 g/mol. The highest BCUT2D eigenvalue weighted by molar-refractivity contribution is 7.15. The fraction of sp³-hybridized carbons (Fsp3) is 0.600. The van der Waals surface area contributed by atoms with Gasteiger partial charge in [0.15, 0.2) is 10.8 Å². The molecule has 2 rings (SSSR count). The van der Waals surface area contributed by atoms with E-state index in [1.54, 1.807) is 11.3 Å². The van der Waals surface area contributed by atoms with Gasteiger partial charge in [0.25, 0.3) is 0 Å². The molecule has 0 aliphatic carbocycles. The number of hydrogen-bond donors (Lipinski definition) is 0. The second kappa shape index (κ2) is 4.18. The van der Waals surface area contributed by atoms with E-state index in [1.165, 1.54) is 20.0 Å². The van der Waals surface area contributed by atoms with Crippen molar-refractivity contribution in [3.8, 4) is 0 Å². The zero-order chi connectivity index (χ0) is 10.8. The Labute approximate surface area is 92.9 Å². The Kier molecular flexibility index (Phi) is 2.90. The van der Waals surface area contributed by atoms with Crippen molar-refractivity contribution in [3.05, 3.63) is 10.6 Å². The average molecular weight is 226 g/mol. The fourth-order valence-electron chi connectivity index (χ4n) is 1.71. The van der Waals surface area contributed by atoms with Gasteiger partial charge >= 0.3 is 5.97 Å². The van der Waals surface area contributed by atoms with Gasteiger partial charge in [-0.05, 0) is 19.8 Å². The molecule has 0 saturated carbocycles. The predicted octanol–water partition coefficient (Wildman–Crippen LogP) is 1.84. The molecule has 82 valence electrons. The lowest BCUT2D eigenvalue weighted by molar-refractivity contribution is 0.0594. The Hall–Kier alpha value is -1.10. The van der Waals surface area contributed by atoms with Gasteiger partial charge in [-0.25, -0.2) is 9.78 Å². The SMILES string of the molecule is COC(=O)c1nc(N2CCCC2)sc1C. The van der Waals surface area contributed by atoms with Crippen LogP contribution in [-0.4, -0.2) is 31.2 Å². The number of methoxy groups -OCH3 is 1. The van der Waals surface area contributed by atoms with Crippen molar-refractivity contribution >= 4 is 22.4 Å². The third-order valence-electron chi connectivity index (χ3n) is 2.54. The van der Waals surface area contributed by atoms with Gasteiger partial charge in [-0.15, -0.1) is 11.3 Å². The summed E-state index contributed by atoms with van der Waals surface area (Å²) in [5.74, 6) is -0.339. The van der Waals surface area contributed by atoms with Gasteiger partial charge in [-0.1, -0.05) is 0 Å². The first-order valence-corrected chi connectivity index (χ1v) is 5.84. The van der Waals surface area contributed by atoms with E-state index in [4.69, 9.17) is 0 Å². The number of anilines is 1. The van der Waals surface area contributed by atoms with Gasteiger partial charge in [-0.3, -0.25) is 0 Å². The third kappa shape index (κ3) is 1.97. The zero-order valence-corrected chi connectivity index (χ0v) is 9.76. The molecule has 1 aliphatic heterocycles. The number of aromatic nitrogens is 1. The van der Waals surface area contributed by atoms with Crippen LogP contribution in [0.25, 0.3) is 0 Å². The van der Waals surface area contributed by atoms with Crippen molar-refractivity contribution in [1.29, 1.82) is 0 Å². The lowest BCUT2D eigenvalue weighted by Crippen LogP contribution is -2.17. The normalized spacial score (nSPS) is 15.7. The quantitative estimate of drug-likeness (QED) is 0.722. The number of carbonyl (C=O) groups is 1. The van der Waals surface area contributed by atoms with Crippen LogP contribution in [0.2, 0.25) is 0 Å². The number of nitrogens with zero attached hydrogens (tertiary/aromatic N) is 2. The number of aryl methyl sites for hydroxylation is 1. The number of esters is 1. The number of hydrogen-bond acceptors (Lipinski definition) is 5. The van der Waals surface area contributed by atoms with Crippen LogP contribution in [0, 0.1) is 6.92 Å². The first kappa shape index (κ1) is 10.4. The largest absolute Gasteiger partial charge is 0.464 e. The lowest BCUT2D eigenvalue weighted by Gasteiger charge is -2.11. The first-order valence-electron chi connectivity index (χ1n) is 5.03. The summed E-state index contributed by atoms with van der Waals surface area (Å²) >= 11 is 1.57. The van der Waals surface area contributed by atoms with Crippen molar-refractivity contribution in [2.24, 2.45) is 0 Å². The highest BCUT2D eigenvalue weighted by atomic mass is 32.1. The van der Waals surface area contributed by atoms with E-state index >= 15 is 0 Å². The van der Waals surface area contributed by atoms with E-state index < -0.39 is 0 Å². The van der Waals surface area contributed by atoms with E-state index in [1.807, 2.05) is 6.92 Å². The Morgan fingerprint density at radius 2 is 2.13 bits per heavy atom. The monoisotopic (exact) mass is 226 g/mol. The molecule has 0 spiro atoms. The molecule has 2 heterocycles. The fourth-order valence-corrected chi connectivity index (χ4v) is 2.66. The second-order valence-electron chi connectivity index (χ2n) is 3.59. The first-order chi connectivity index (χ1) is 7.22. The molecule has 1 saturated heterocycles. The van der Waals surface area contributed by atoms with E-state index in [9.17, 15) is 4.79 Å². The molecule has 0 atom stereocenters. The van der Waals surface area contributed by atoms with Crippen LogP contribution in [0.5, 0.6) is 0 Å². The number of rotatable bonds is 2. The van der Waals surface area contributed by atoms with Crippen molar-refractivity contribution in [3.63, 3.8) is 0 Å². The smallest absolute Gasteiger partial charge is 0.357 e. The molecule has 0 unspecified atom stereocenters. The standard InChI is InChI=1S/C10H14N2O2S/c1-7-8(9(13)14-2)11-10(15-7)12-5-3-4-6-12/h3-6H2,1-2H3. The summed E-state index contributed by atoms with van der Waals surface area (Å²) in [6, 6.07) is 0. The summed E-state index contributed by atoms with van der Waals surface area (Å²) in [6.45, 7) is 4.00. The van der Waals surface area contributed by atoms with Gasteiger partial charge in [0.05, 0.1) is 7.11 Å². The van der Waals surface area contributed by atoms with Gasteiger partial charge < -0.3 is 9.64 Å². The highest BCUT2D eigenvalue weighted by Crippen LogP contribution is 2.28. The Morgan fingerprint density at radius 1 is 1.47 bits per heavy atom. The summed E-state index contributed by atoms with van der Waals surface area (Å²) in [4.78, 5) is 18.9. The van der Waals surface area contributed by atoms with Crippen LogP contribution in [0.15, 0.2) is 0 Å². The Bertz CT molecular complexity index is 369. The van der Waals surface area contributed by atoms with Crippen LogP contribution >= 0.6 is 11.3 Å².